The summed E-state index contributed by atoms with van der Waals surface area (Å²) in [5.74, 6) is 1.63. The Kier molecular flexibility index (Phi) is 11.4. The molecule has 1 unspecified atom stereocenters. The number of carbonyl (C=O) groups excluding carboxylic acids is 1. The van der Waals surface area contributed by atoms with Crippen LogP contribution in [0.4, 0.5) is 0 Å². The second-order valence-corrected chi connectivity index (χ2v) is 7.58. The van der Waals surface area contributed by atoms with Gasteiger partial charge in [-0.15, -0.1) is 24.0 Å². The first kappa shape index (κ1) is 26.0. The number of piperidine rings is 1. The zero-order valence-electron chi connectivity index (χ0n) is 18.5. The summed E-state index contributed by atoms with van der Waals surface area (Å²) in [5.41, 5.74) is 0.515. The van der Waals surface area contributed by atoms with Crippen molar-refractivity contribution in [2.45, 2.75) is 32.2 Å². The molecule has 3 rings (SSSR count). The fourth-order valence-corrected chi connectivity index (χ4v) is 3.69. The maximum atomic E-state index is 12.2. The first-order valence-corrected chi connectivity index (χ1v) is 11.0. The van der Waals surface area contributed by atoms with Crippen LogP contribution in [0.15, 0.2) is 52.1 Å². The monoisotopic (exact) mass is 555 g/mol. The van der Waals surface area contributed by atoms with Crippen LogP contribution < -0.4 is 16.0 Å². The summed E-state index contributed by atoms with van der Waals surface area (Å²) < 4.78 is 5.70. The Hall–Kier alpha value is -2.27. The Balaban J connectivity index is 0.00000363. The smallest absolute Gasteiger partial charge is 0.251 e. The minimum Gasteiger partial charge on any atom is -0.508 e. The molecule has 1 aromatic carbocycles. The van der Waals surface area contributed by atoms with Crippen molar-refractivity contribution in [1.82, 2.24) is 20.9 Å². The largest absolute Gasteiger partial charge is 0.508 e. The van der Waals surface area contributed by atoms with Crippen LogP contribution in [0.25, 0.3) is 0 Å². The molecular formula is C23H34IN5O3. The van der Waals surface area contributed by atoms with E-state index in [0.29, 0.717) is 25.2 Å². The molecule has 0 aliphatic carbocycles. The molecule has 0 bridgehead atoms. The highest BCUT2D eigenvalue weighted by molar-refractivity contribution is 14.0. The number of aliphatic imine (C=N–C) groups is 1. The van der Waals surface area contributed by atoms with Gasteiger partial charge in [-0.05, 0) is 69.3 Å². The molecule has 2 aromatic rings. The minimum absolute atomic E-state index is 0. The van der Waals surface area contributed by atoms with E-state index < -0.39 is 0 Å². The van der Waals surface area contributed by atoms with Gasteiger partial charge < -0.3 is 25.5 Å². The maximum Gasteiger partial charge on any atom is 0.251 e. The predicted molar refractivity (Wildman–Crippen MR) is 137 cm³/mol. The van der Waals surface area contributed by atoms with Gasteiger partial charge in [-0.1, -0.05) is 6.42 Å². The van der Waals surface area contributed by atoms with E-state index in [-0.39, 0.29) is 41.7 Å². The van der Waals surface area contributed by atoms with Crippen molar-refractivity contribution in [3.63, 3.8) is 0 Å². The number of phenols is 1. The number of rotatable bonds is 9. The summed E-state index contributed by atoms with van der Waals surface area (Å²) in [6, 6.07) is 10.3. The molecule has 9 heteroatoms. The molecule has 0 spiro atoms. The second-order valence-electron chi connectivity index (χ2n) is 7.58. The molecule has 0 radical (unpaired) electrons. The molecule has 4 N–H and O–H groups in total. The Morgan fingerprint density at radius 1 is 1.09 bits per heavy atom. The van der Waals surface area contributed by atoms with Crippen LogP contribution in [-0.4, -0.2) is 61.1 Å². The maximum absolute atomic E-state index is 12.2. The summed E-state index contributed by atoms with van der Waals surface area (Å²) in [5, 5.41) is 18.7. The van der Waals surface area contributed by atoms with Crippen LogP contribution in [0.2, 0.25) is 0 Å². The first-order chi connectivity index (χ1) is 15.2. The van der Waals surface area contributed by atoms with E-state index >= 15 is 0 Å². The number of phenolic OH excluding ortho intramolecular Hbond substituents is 1. The molecule has 1 atom stereocenters. The van der Waals surface area contributed by atoms with Crippen LogP contribution in [0.1, 0.15) is 48.3 Å². The number of carbonyl (C=O) groups is 1. The Morgan fingerprint density at radius 2 is 1.81 bits per heavy atom. The molecule has 0 saturated carbocycles. The summed E-state index contributed by atoms with van der Waals surface area (Å²) in [4.78, 5) is 19.4. The fraction of sp³-hybridized carbons (Fsp3) is 0.478. The zero-order chi connectivity index (χ0) is 21.9. The fourth-order valence-electron chi connectivity index (χ4n) is 3.69. The van der Waals surface area contributed by atoms with Crippen molar-refractivity contribution in [3.8, 4) is 5.75 Å². The number of nitrogens with zero attached hydrogens (tertiary/aromatic N) is 2. The number of benzene rings is 1. The lowest BCUT2D eigenvalue weighted by atomic mass is 10.1. The number of aromatic hydroxyl groups is 1. The van der Waals surface area contributed by atoms with Gasteiger partial charge >= 0.3 is 0 Å². The Morgan fingerprint density at radius 3 is 2.47 bits per heavy atom. The van der Waals surface area contributed by atoms with E-state index in [2.05, 4.69) is 20.9 Å². The van der Waals surface area contributed by atoms with Gasteiger partial charge in [-0.2, -0.15) is 0 Å². The lowest BCUT2D eigenvalue weighted by Gasteiger charge is -2.32. The van der Waals surface area contributed by atoms with Crippen molar-refractivity contribution in [3.05, 3.63) is 54.0 Å². The van der Waals surface area contributed by atoms with Crippen molar-refractivity contribution < 1.29 is 14.3 Å². The lowest BCUT2D eigenvalue weighted by molar-refractivity contribution is 0.0954. The van der Waals surface area contributed by atoms with Gasteiger partial charge in [-0.25, -0.2) is 0 Å². The Labute approximate surface area is 206 Å². The number of likely N-dealkylation sites (tertiary alicyclic amines) is 1. The van der Waals surface area contributed by atoms with E-state index in [1.165, 1.54) is 31.4 Å². The number of hydrogen-bond acceptors (Lipinski definition) is 5. The molecular weight excluding hydrogens is 521 g/mol. The number of guanidine groups is 1. The van der Waals surface area contributed by atoms with E-state index in [1.807, 2.05) is 19.1 Å². The molecule has 1 aliphatic heterocycles. The zero-order valence-corrected chi connectivity index (χ0v) is 20.9. The van der Waals surface area contributed by atoms with Gasteiger partial charge in [0.2, 0.25) is 0 Å². The number of furan rings is 1. The standard InChI is InChI=1S/C23H33N5O3.HI/c1-2-24-23(26-13-12-25-22(30)18-8-10-19(29)11-9-18)27-17-20(21-7-6-16-31-21)28-14-4-3-5-15-28;/h6-11,16,20,29H,2-5,12-15,17H2,1H3,(H,25,30)(H2,24,26,27);1H. The third-order valence-electron chi connectivity index (χ3n) is 5.30. The molecule has 32 heavy (non-hydrogen) atoms. The number of amides is 1. The molecule has 1 saturated heterocycles. The highest BCUT2D eigenvalue weighted by Crippen LogP contribution is 2.25. The average molecular weight is 555 g/mol. The summed E-state index contributed by atoms with van der Waals surface area (Å²) in [6.45, 7) is 6.51. The summed E-state index contributed by atoms with van der Waals surface area (Å²) in [6.07, 6.45) is 5.42. The summed E-state index contributed by atoms with van der Waals surface area (Å²) in [7, 11) is 0. The lowest BCUT2D eigenvalue weighted by Crippen LogP contribution is -2.42. The molecule has 176 valence electrons. The number of halogens is 1. The van der Waals surface area contributed by atoms with E-state index in [0.717, 1.165) is 31.4 Å². The van der Waals surface area contributed by atoms with Crippen LogP contribution in [0, 0.1) is 0 Å². The van der Waals surface area contributed by atoms with Gasteiger partial charge in [-0.3, -0.25) is 14.7 Å². The molecule has 1 aliphatic rings. The molecule has 1 amide bonds. The van der Waals surface area contributed by atoms with E-state index in [9.17, 15) is 9.90 Å². The van der Waals surface area contributed by atoms with Crippen molar-refractivity contribution in [2.24, 2.45) is 4.99 Å². The molecule has 2 heterocycles. The van der Waals surface area contributed by atoms with Crippen molar-refractivity contribution in [2.75, 3.05) is 39.3 Å². The van der Waals surface area contributed by atoms with Crippen LogP contribution >= 0.6 is 24.0 Å². The quantitative estimate of drug-likeness (QED) is 0.164. The topological polar surface area (TPSA) is 102 Å². The molecule has 8 nitrogen and oxygen atoms in total. The van der Waals surface area contributed by atoms with Gasteiger partial charge in [0.1, 0.15) is 11.5 Å². The van der Waals surface area contributed by atoms with Gasteiger partial charge in [0.15, 0.2) is 5.96 Å². The summed E-state index contributed by atoms with van der Waals surface area (Å²) >= 11 is 0. The van der Waals surface area contributed by atoms with Crippen molar-refractivity contribution >= 4 is 35.8 Å². The number of hydrogen-bond donors (Lipinski definition) is 4. The van der Waals surface area contributed by atoms with Crippen LogP contribution in [0.3, 0.4) is 0 Å². The first-order valence-electron chi connectivity index (χ1n) is 11.0. The second kappa shape index (κ2) is 14.0. The van der Waals surface area contributed by atoms with Gasteiger partial charge in [0.25, 0.3) is 5.91 Å². The predicted octanol–water partition coefficient (Wildman–Crippen LogP) is 3.12. The Bertz CT molecular complexity index is 821. The van der Waals surface area contributed by atoms with E-state index in [1.54, 1.807) is 18.4 Å². The van der Waals surface area contributed by atoms with Gasteiger partial charge in [0.05, 0.1) is 18.8 Å². The molecule has 1 aromatic heterocycles. The average Bonchev–Trinajstić information content (AvgIpc) is 3.32. The third-order valence-corrected chi connectivity index (χ3v) is 5.30. The minimum atomic E-state index is -0.174. The highest BCUT2D eigenvalue weighted by atomic mass is 127. The molecule has 1 fully saturated rings. The van der Waals surface area contributed by atoms with Crippen LogP contribution in [-0.2, 0) is 0 Å². The van der Waals surface area contributed by atoms with Gasteiger partial charge in [0, 0.05) is 25.2 Å². The number of nitrogens with one attached hydrogen (secondary N) is 3. The normalized spacial score (nSPS) is 15.5. The van der Waals surface area contributed by atoms with E-state index in [4.69, 9.17) is 9.41 Å². The SMILES string of the molecule is CCNC(=NCC(c1ccco1)N1CCCCC1)NCCNC(=O)c1ccc(O)cc1.I. The third kappa shape index (κ3) is 8.01. The van der Waals surface area contributed by atoms with Crippen molar-refractivity contribution in [1.29, 1.82) is 0 Å². The van der Waals surface area contributed by atoms with Crippen LogP contribution in [0.5, 0.6) is 5.75 Å². The highest BCUT2D eigenvalue weighted by Gasteiger charge is 2.24.